The van der Waals surface area contributed by atoms with Crippen molar-refractivity contribution in [3.8, 4) is 11.4 Å². The number of nitrogens with zero attached hydrogens (tertiary/aromatic N) is 3. The Morgan fingerprint density at radius 3 is 2.53 bits per heavy atom. The van der Waals surface area contributed by atoms with E-state index in [9.17, 15) is 14.4 Å². The van der Waals surface area contributed by atoms with Crippen molar-refractivity contribution in [2.75, 3.05) is 26.3 Å². The number of benzene rings is 2. The highest BCUT2D eigenvalue weighted by Gasteiger charge is 2.26. The van der Waals surface area contributed by atoms with E-state index in [4.69, 9.17) is 21.1 Å². The van der Waals surface area contributed by atoms with E-state index in [0.29, 0.717) is 54.5 Å². The fraction of sp³-hybridized carbons (Fsp3) is 0.333. The lowest BCUT2D eigenvalue weighted by Gasteiger charge is -2.26. The van der Waals surface area contributed by atoms with Crippen LogP contribution in [0, 0.1) is 0 Å². The van der Waals surface area contributed by atoms with Crippen molar-refractivity contribution < 1.29 is 19.1 Å². The molecule has 34 heavy (non-hydrogen) atoms. The van der Waals surface area contributed by atoms with Crippen molar-refractivity contribution in [3.05, 3.63) is 64.2 Å². The van der Waals surface area contributed by atoms with Gasteiger partial charge in [0.05, 0.1) is 41.8 Å². The summed E-state index contributed by atoms with van der Waals surface area (Å²) in [7, 11) is 0. The van der Waals surface area contributed by atoms with Crippen molar-refractivity contribution in [3.63, 3.8) is 0 Å². The molecule has 1 aliphatic rings. The van der Waals surface area contributed by atoms with E-state index < -0.39 is 11.7 Å². The van der Waals surface area contributed by atoms with E-state index in [2.05, 4.69) is 4.98 Å². The van der Waals surface area contributed by atoms with Gasteiger partial charge in [0, 0.05) is 18.7 Å². The molecule has 0 spiro atoms. The molecule has 10 heteroatoms. The summed E-state index contributed by atoms with van der Waals surface area (Å²) in [5.41, 5.74) is 0.644. The third-order valence-corrected chi connectivity index (χ3v) is 5.52. The van der Waals surface area contributed by atoms with Crippen LogP contribution in [0.25, 0.3) is 16.6 Å². The maximum atomic E-state index is 13.4. The Morgan fingerprint density at radius 1 is 1.15 bits per heavy atom. The number of ether oxygens (including phenoxy) is 2. The normalized spacial score (nSPS) is 13.6. The van der Waals surface area contributed by atoms with Gasteiger partial charge in [-0.3, -0.25) is 19.0 Å². The first kappa shape index (κ1) is 25.7. The van der Waals surface area contributed by atoms with Crippen LogP contribution in [0.5, 0.6) is 5.75 Å². The van der Waals surface area contributed by atoms with Gasteiger partial charge in [-0.05, 0) is 44.2 Å². The molecular weight excluding hydrogens is 481 g/mol. The number of hydrogen-bond acceptors (Lipinski definition) is 6. The highest BCUT2D eigenvalue weighted by Crippen LogP contribution is 2.27. The van der Waals surface area contributed by atoms with Crippen LogP contribution < -0.4 is 10.3 Å². The Balaban J connectivity index is 0.00000324. The number of amides is 1. The number of morpholine rings is 1. The monoisotopic (exact) mass is 505 g/mol. The molecular formula is C24H25Cl2N3O5. The molecule has 0 atom stereocenters. The number of halogens is 2. The molecule has 1 amide bonds. The van der Waals surface area contributed by atoms with E-state index in [1.807, 2.05) is 13.8 Å². The summed E-state index contributed by atoms with van der Waals surface area (Å²) >= 11 is 6.16. The van der Waals surface area contributed by atoms with Crippen molar-refractivity contribution in [1.82, 2.24) is 14.5 Å². The number of hydrogen-bond donors (Lipinski definition) is 0. The topological polar surface area (TPSA) is 90.7 Å². The highest BCUT2D eigenvalue weighted by atomic mass is 35.5. The second-order valence-electron chi connectivity index (χ2n) is 7.90. The smallest absolute Gasteiger partial charge is 0.295 e. The van der Waals surface area contributed by atoms with Crippen molar-refractivity contribution in [1.29, 1.82) is 0 Å². The molecule has 1 aromatic heterocycles. The van der Waals surface area contributed by atoms with Crippen molar-refractivity contribution in [2.45, 2.75) is 25.8 Å². The van der Waals surface area contributed by atoms with Crippen LogP contribution in [0.2, 0.25) is 0 Å². The fourth-order valence-corrected chi connectivity index (χ4v) is 3.92. The third kappa shape index (κ3) is 5.09. The molecule has 2 aromatic carbocycles. The molecule has 0 bridgehead atoms. The van der Waals surface area contributed by atoms with Crippen molar-refractivity contribution >= 4 is 46.6 Å². The molecule has 1 saturated heterocycles. The van der Waals surface area contributed by atoms with Gasteiger partial charge in [-0.2, -0.15) is 0 Å². The van der Waals surface area contributed by atoms with Crippen LogP contribution >= 0.6 is 24.0 Å². The van der Waals surface area contributed by atoms with Gasteiger partial charge in [-0.25, -0.2) is 4.98 Å². The number of rotatable bonds is 6. The standard InChI is InChI=1S/C24H24ClN3O5.ClH/c1-15(2)33-20-8-7-16(22(29)24(31)27-9-11-32-12-10-27)13-19(20)28-21(14-25)26-18-6-4-3-5-17(18)23(28)30;/h3-8,13,15H,9-12,14H2,1-2H3;1H. The first-order valence-corrected chi connectivity index (χ1v) is 11.2. The Morgan fingerprint density at radius 2 is 1.85 bits per heavy atom. The zero-order chi connectivity index (χ0) is 23.5. The van der Waals surface area contributed by atoms with Gasteiger partial charge in [0.2, 0.25) is 5.78 Å². The minimum Gasteiger partial charge on any atom is -0.489 e. The molecule has 0 unspecified atom stereocenters. The van der Waals surface area contributed by atoms with Crippen LogP contribution in [-0.2, 0) is 15.4 Å². The molecule has 4 rings (SSSR count). The predicted octanol–water partition coefficient (Wildman–Crippen LogP) is 3.38. The van der Waals surface area contributed by atoms with E-state index in [-0.39, 0.29) is 35.5 Å². The average molecular weight is 506 g/mol. The van der Waals surface area contributed by atoms with Gasteiger partial charge in [0.25, 0.3) is 11.5 Å². The lowest BCUT2D eigenvalue weighted by atomic mass is 10.1. The summed E-state index contributed by atoms with van der Waals surface area (Å²) in [5.74, 6) is -0.623. The number of alkyl halides is 1. The largest absolute Gasteiger partial charge is 0.489 e. The van der Waals surface area contributed by atoms with Gasteiger partial charge in [0.15, 0.2) is 0 Å². The Bertz CT molecular complexity index is 1270. The number of carbonyl (C=O) groups excluding carboxylic acids is 2. The molecule has 0 saturated carbocycles. The van der Waals surface area contributed by atoms with Crippen LogP contribution in [0.1, 0.15) is 30.0 Å². The lowest BCUT2D eigenvalue weighted by Crippen LogP contribution is -2.44. The van der Waals surface area contributed by atoms with Gasteiger partial charge in [-0.15, -0.1) is 24.0 Å². The van der Waals surface area contributed by atoms with E-state index in [1.165, 1.54) is 21.6 Å². The van der Waals surface area contributed by atoms with Gasteiger partial charge < -0.3 is 14.4 Å². The molecule has 0 radical (unpaired) electrons. The summed E-state index contributed by atoms with van der Waals surface area (Å²) in [5, 5.41) is 0.406. The fourth-order valence-electron chi connectivity index (χ4n) is 3.74. The molecule has 3 aromatic rings. The quantitative estimate of drug-likeness (QED) is 0.289. The third-order valence-electron chi connectivity index (χ3n) is 5.28. The second kappa shape index (κ2) is 11.0. The summed E-state index contributed by atoms with van der Waals surface area (Å²) in [6.45, 7) is 5.21. The second-order valence-corrected chi connectivity index (χ2v) is 8.17. The van der Waals surface area contributed by atoms with E-state index in [1.54, 1.807) is 30.3 Å². The Labute approximate surface area is 207 Å². The van der Waals surface area contributed by atoms with Gasteiger partial charge in [-0.1, -0.05) is 12.1 Å². The first-order chi connectivity index (χ1) is 15.9. The van der Waals surface area contributed by atoms with Crippen LogP contribution in [-0.4, -0.2) is 58.5 Å². The summed E-state index contributed by atoms with van der Waals surface area (Å²) in [4.78, 5) is 45.2. The molecule has 0 N–H and O–H groups in total. The number of Topliss-reactive ketones (excluding diaryl/α,β-unsaturated/α-hetero) is 1. The number of fused-ring (bicyclic) bond motifs is 1. The zero-order valence-corrected chi connectivity index (χ0v) is 20.4. The summed E-state index contributed by atoms with van der Waals surface area (Å²) < 4.78 is 12.5. The number of carbonyl (C=O) groups is 2. The van der Waals surface area contributed by atoms with Gasteiger partial charge >= 0.3 is 0 Å². The lowest BCUT2D eigenvalue weighted by molar-refractivity contribution is -0.130. The minimum absolute atomic E-state index is 0. The van der Waals surface area contributed by atoms with E-state index >= 15 is 0 Å². The first-order valence-electron chi connectivity index (χ1n) is 10.7. The number of para-hydroxylation sites is 1. The summed E-state index contributed by atoms with van der Waals surface area (Å²) in [6, 6.07) is 11.6. The van der Waals surface area contributed by atoms with Crippen LogP contribution in [0.15, 0.2) is 47.3 Å². The maximum Gasteiger partial charge on any atom is 0.295 e. The molecule has 180 valence electrons. The minimum atomic E-state index is -0.663. The van der Waals surface area contributed by atoms with Crippen molar-refractivity contribution in [2.24, 2.45) is 0 Å². The number of aromatic nitrogens is 2. The maximum absolute atomic E-state index is 13.4. The van der Waals surface area contributed by atoms with Crippen LogP contribution in [0.4, 0.5) is 0 Å². The van der Waals surface area contributed by atoms with Crippen LogP contribution in [0.3, 0.4) is 0 Å². The SMILES string of the molecule is CC(C)Oc1ccc(C(=O)C(=O)N2CCOCC2)cc1-n1c(CCl)nc2ccccc2c1=O.Cl. The zero-order valence-electron chi connectivity index (χ0n) is 18.8. The highest BCUT2D eigenvalue weighted by molar-refractivity contribution is 6.42. The average Bonchev–Trinajstić information content (AvgIpc) is 2.83. The summed E-state index contributed by atoms with van der Waals surface area (Å²) in [6.07, 6.45) is -0.191. The van der Waals surface area contributed by atoms with Gasteiger partial charge in [0.1, 0.15) is 11.6 Å². The predicted molar refractivity (Wildman–Crippen MR) is 132 cm³/mol. The Kier molecular flexibility index (Phi) is 8.30. The molecule has 2 heterocycles. The van der Waals surface area contributed by atoms with E-state index in [0.717, 1.165) is 0 Å². The molecule has 8 nitrogen and oxygen atoms in total. The molecule has 1 fully saturated rings. The molecule has 0 aliphatic carbocycles. The Hall–Kier alpha value is -2.94. The number of ketones is 1. The molecule has 1 aliphatic heterocycles.